The first-order chi connectivity index (χ1) is 18.7. The minimum Gasteiger partial charge on any atom is -0.351 e. The van der Waals surface area contributed by atoms with Gasteiger partial charge in [-0.2, -0.15) is 0 Å². The van der Waals surface area contributed by atoms with E-state index in [9.17, 15) is 9.59 Å². The van der Waals surface area contributed by atoms with Gasteiger partial charge >= 0.3 is 0 Å². The molecular formula is C28H32N8O2. The summed E-state index contributed by atoms with van der Waals surface area (Å²) in [6.45, 7) is 7.11. The molecule has 2 aromatic carbocycles. The van der Waals surface area contributed by atoms with Crippen LogP contribution >= 0.6 is 0 Å². The largest absolute Gasteiger partial charge is 0.351 e. The van der Waals surface area contributed by atoms with Gasteiger partial charge in [-0.25, -0.2) is 9.97 Å². The third-order valence-electron chi connectivity index (χ3n) is 6.70. The molecule has 0 bridgehead atoms. The number of fused-ring (bicyclic) bond motifs is 2. The number of aromatic nitrogens is 4. The fourth-order valence-electron chi connectivity index (χ4n) is 4.56. The molecule has 1 aliphatic rings. The van der Waals surface area contributed by atoms with Gasteiger partial charge in [0.1, 0.15) is 11.4 Å². The highest BCUT2D eigenvalue weighted by Gasteiger charge is 2.17. The van der Waals surface area contributed by atoms with E-state index in [1.54, 1.807) is 0 Å². The molecule has 3 heterocycles. The first kappa shape index (κ1) is 25.6. The molecule has 1 saturated heterocycles. The highest BCUT2D eigenvalue weighted by atomic mass is 16.2. The Morgan fingerprint density at radius 1 is 0.632 bits per heavy atom. The van der Waals surface area contributed by atoms with Crippen molar-refractivity contribution in [2.45, 2.75) is 12.8 Å². The molecule has 5 rings (SSSR count). The van der Waals surface area contributed by atoms with Gasteiger partial charge in [-0.1, -0.05) is 24.3 Å². The molecule has 0 spiro atoms. The third-order valence-corrected chi connectivity index (χ3v) is 6.70. The van der Waals surface area contributed by atoms with Crippen LogP contribution in [-0.2, 0) is 0 Å². The second-order valence-electron chi connectivity index (χ2n) is 9.39. The molecule has 10 nitrogen and oxygen atoms in total. The standard InChI is InChI=1S/C28H32N8O2/c37-27(25-19-31-21-7-1-3-9-23(21)33-25)29-11-5-13-35-15-17-36(18-16-35)14-6-12-30-28(38)26-20-32-22-8-2-4-10-24(22)34-26/h1-4,7-10,19-20H,5-6,11-18H2,(H,29,37)(H,30,38). The van der Waals surface area contributed by atoms with Gasteiger partial charge < -0.3 is 20.4 Å². The minimum absolute atomic E-state index is 0.187. The predicted octanol–water partition coefficient (Wildman–Crippen LogP) is 2.13. The Morgan fingerprint density at radius 2 is 1.03 bits per heavy atom. The Labute approximate surface area is 221 Å². The van der Waals surface area contributed by atoms with Crippen molar-refractivity contribution in [2.24, 2.45) is 0 Å². The van der Waals surface area contributed by atoms with Crippen molar-refractivity contribution in [1.29, 1.82) is 0 Å². The van der Waals surface area contributed by atoms with Crippen LogP contribution in [0.25, 0.3) is 22.1 Å². The van der Waals surface area contributed by atoms with Crippen LogP contribution in [0.5, 0.6) is 0 Å². The first-order valence-electron chi connectivity index (χ1n) is 13.1. The fourth-order valence-corrected chi connectivity index (χ4v) is 4.56. The lowest BCUT2D eigenvalue weighted by Gasteiger charge is -2.34. The predicted molar refractivity (Wildman–Crippen MR) is 146 cm³/mol. The maximum absolute atomic E-state index is 12.4. The van der Waals surface area contributed by atoms with Gasteiger partial charge in [0.25, 0.3) is 11.8 Å². The zero-order valence-electron chi connectivity index (χ0n) is 21.3. The minimum atomic E-state index is -0.187. The van der Waals surface area contributed by atoms with Crippen LogP contribution in [0, 0.1) is 0 Å². The van der Waals surface area contributed by atoms with E-state index in [0.717, 1.165) is 74.2 Å². The number of benzene rings is 2. The van der Waals surface area contributed by atoms with Crippen LogP contribution in [0.1, 0.15) is 33.8 Å². The summed E-state index contributed by atoms with van der Waals surface area (Å²) in [6.07, 6.45) is 4.83. The van der Waals surface area contributed by atoms with Crippen LogP contribution < -0.4 is 10.6 Å². The Kier molecular flexibility index (Phi) is 8.42. The molecule has 1 aliphatic heterocycles. The van der Waals surface area contributed by atoms with Crippen LogP contribution in [0.4, 0.5) is 0 Å². The number of carbonyl (C=O) groups is 2. The summed E-state index contributed by atoms with van der Waals surface area (Å²) < 4.78 is 0. The summed E-state index contributed by atoms with van der Waals surface area (Å²) in [7, 11) is 0. The molecule has 1 fully saturated rings. The summed E-state index contributed by atoms with van der Waals surface area (Å²) in [4.78, 5) is 47.1. The number of amides is 2. The Morgan fingerprint density at radius 3 is 1.45 bits per heavy atom. The molecule has 0 radical (unpaired) electrons. The lowest BCUT2D eigenvalue weighted by Crippen LogP contribution is -2.47. The zero-order chi connectivity index (χ0) is 26.2. The number of carbonyl (C=O) groups excluding carboxylic acids is 2. The van der Waals surface area contributed by atoms with Gasteiger partial charge in [0.2, 0.25) is 0 Å². The summed E-state index contributed by atoms with van der Waals surface area (Å²) in [5, 5.41) is 5.91. The molecule has 2 aromatic heterocycles. The van der Waals surface area contributed by atoms with E-state index in [0.29, 0.717) is 24.5 Å². The van der Waals surface area contributed by atoms with Crippen LogP contribution in [0.2, 0.25) is 0 Å². The van der Waals surface area contributed by atoms with Gasteiger partial charge in [-0.3, -0.25) is 19.6 Å². The summed E-state index contributed by atoms with van der Waals surface area (Å²) in [5.41, 5.74) is 3.70. The highest BCUT2D eigenvalue weighted by Crippen LogP contribution is 2.10. The number of para-hydroxylation sites is 4. The molecule has 38 heavy (non-hydrogen) atoms. The van der Waals surface area contributed by atoms with Crippen molar-refractivity contribution in [2.75, 3.05) is 52.4 Å². The molecule has 2 N–H and O–H groups in total. The van der Waals surface area contributed by atoms with Crippen molar-refractivity contribution in [3.05, 3.63) is 72.3 Å². The molecule has 2 amide bonds. The molecule has 10 heteroatoms. The van der Waals surface area contributed by atoms with E-state index < -0.39 is 0 Å². The van der Waals surface area contributed by atoms with Gasteiger partial charge in [0, 0.05) is 39.3 Å². The molecule has 0 atom stereocenters. The number of rotatable bonds is 10. The maximum Gasteiger partial charge on any atom is 0.271 e. The van der Waals surface area contributed by atoms with Gasteiger partial charge in [-0.05, 0) is 50.2 Å². The normalized spacial score (nSPS) is 14.5. The monoisotopic (exact) mass is 512 g/mol. The van der Waals surface area contributed by atoms with E-state index in [1.165, 1.54) is 12.4 Å². The smallest absolute Gasteiger partial charge is 0.271 e. The Balaban J connectivity index is 0.941. The second-order valence-corrected chi connectivity index (χ2v) is 9.39. The van der Waals surface area contributed by atoms with Gasteiger partial charge in [-0.15, -0.1) is 0 Å². The average molecular weight is 513 g/mol. The van der Waals surface area contributed by atoms with E-state index in [1.807, 2.05) is 48.5 Å². The summed E-state index contributed by atoms with van der Waals surface area (Å²) in [6, 6.07) is 15.1. The molecular weight excluding hydrogens is 480 g/mol. The molecule has 0 unspecified atom stereocenters. The van der Waals surface area contributed by atoms with Crippen molar-refractivity contribution < 1.29 is 9.59 Å². The van der Waals surface area contributed by atoms with Crippen molar-refractivity contribution in [3.8, 4) is 0 Å². The van der Waals surface area contributed by atoms with Crippen molar-refractivity contribution in [1.82, 2.24) is 40.4 Å². The molecule has 4 aromatic rings. The van der Waals surface area contributed by atoms with Gasteiger partial charge in [0.05, 0.1) is 34.5 Å². The molecule has 0 saturated carbocycles. The quantitative estimate of drug-likeness (QED) is 0.311. The highest BCUT2D eigenvalue weighted by molar-refractivity contribution is 5.94. The Hall–Kier alpha value is -4.02. The number of nitrogens with zero attached hydrogens (tertiary/aromatic N) is 6. The van der Waals surface area contributed by atoms with Crippen LogP contribution in [-0.4, -0.2) is 93.9 Å². The van der Waals surface area contributed by atoms with Crippen LogP contribution in [0.3, 0.4) is 0 Å². The first-order valence-corrected chi connectivity index (χ1v) is 13.1. The van der Waals surface area contributed by atoms with Crippen LogP contribution in [0.15, 0.2) is 60.9 Å². The average Bonchev–Trinajstić information content (AvgIpc) is 2.97. The maximum atomic E-state index is 12.4. The Bertz CT molecular complexity index is 1300. The zero-order valence-corrected chi connectivity index (χ0v) is 21.3. The lowest BCUT2D eigenvalue weighted by atomic mass is 10.2. The molecule has 196 valence electrons. The number of nitrogens with one attached hydrogen (secondary N) is 2. The fraction of sp³-hybridized carbons (Fsp3) is 0.357. The van der Waals surface area contributed by atoms with E-state index >= 15 is 0 Å². The number of hydrogen-bond acceptors (Lipinski definition) is 8. The van der Waals surface area contributed by atoms with Crippen molar-refractivity contribution >= 4 is 33.9 Å². The van der Waals surface area contributed by atoms with E-state index in [-0.39, 0.29) is 11.8 Å². The summed E-state index contributed by atoms with van der Waals surface area (Å²) in [5.74, 6) is -0.374. The van der Waals surface area contributed by atoms with E-state index in [2.05, 4.69) is 40.4 Å². The van der Waals surface area contributed by atoms with Crippen molar-refractivity contribution in [3.63, 3.8) is 0 Å². The molecule has 0 aliphatic carbocycles. The SMILES string of the molecule is O=C(NCCCN1CCN(CCCNC(=O)c2cnc3ccccc3n2)CC1)c1cnc2ccccc2n1. The number of hydrogen-bond donors (Lipinski definition) is 2. The topological polar surface area (TPSA) is 116 Å². The third kappa shape index (κ3) is 6.64. The lowest BCUT2D eigenvalue weighted by molar-refractivity contribution is 0.0930. The summed E-state index contributed by atoms with van der Waals surface area (Å²) >= 11 is 0. The second kappa shape index (κ2) is 12.5. The van der Waals surface area contributed by atoms with Gasteiger partial charge in [0.15, 0.2) is 0 Å². The van der Waals surface area contributed by atoms with E-state index in [4.69, 9.17) is 0 Å². The number of piperazine rings is 1.